The van der Waals surface area contributed by atoms with Crippen molar-refractivity contribution < 1.29 is 4.74 Å². The van der Waals surface area contributed by atoms with Crippen LogP contribution in [0, 0.1) is 0 Å². The largest absolute Gasteiger partial charge is 0.373 e. The summed E-state index contributed by atoms with van der Waals surface area (Å²) in [7, 11) is 0. The van der Waals surface area contributed by atoms with Gasteiger partial charge in [0.15, 0.2) is 0 Å². The quantitative estimate of drug-likeness (QED) is 0.902. The maximum absolute atomic E-state index is 6.40. The minimum Gasteiger partial charge on any atom is -0.373 e. The lowest BCUT2D eigenvalue weighted by Gasteiger charge is -2.35. The third-order valence-corrected chi connectivity index (χ3v) is 4.86. The van der Waals surface area contributed by atoms with E-state index in [1.54, 1.807) is 12.4 Å². The SMILES string of the molecule is C[C@H](N[C@H]1CCCC[C@H]1OC1CCCC1)c1cnccn1. The van der Waals surface area contributed by atoms with Crippen LogP contribution in [-0.4, -0.2) is 28.2 Å². The first kappa shape index (κ1) is 14.9. The Labute approximate surface area is 127 Å². The van der Waals surface area contributed by atoms with Gasteiger partial charge in [0.1, 0.15) is 0 Å². The summed E-state index contributed by atoms with van der Waals surface area (Å²) in [6.07, 6.45) is 16.4. The highest BCUT2D eigenvalue weighted by Crippen LogP contribution is 2.29. The van der Waals surface area contributed by atoms with E-state index in [-0.39, 0.29) is 6.04 Å². The van der Waals surface area contributed by atoms with Crippen LogP contribution in [0.25, 0.3) is 0 Å². The van der Waals surface area contributed by atoms with E-state index >= 15 is 0 Å². The van der Waals surface area contributed by atoms with Crippen LogP contribution in [-0.2, 0) is 4.74 Å². The van der Waals surface area contributed by atoms with Gasteiger partial charge in [-0.05, 0) is 32.6 Å². The molecule has 0 amide bonds. The summed E-state index contributed by atoms with van der Waals surface area (Å²) < 4.78 is 6.40. The highest BCUT2D eigenvalue weighted by Gasteiger charge is 2.30. The average Bonchev–Trinajstić information content (AvgIpc) is 3.03. The van der Waals surface area contributed by atoms with Crippen LogP contribution >= 0.6 is 0 Å². The second kappa shape index (κ2) is 7.32. The zero-order valence-corrected chi connectivity index (χ0v) is 13.0. The highest BCUT2D eigenvalue weighted by molar-refractivity contribution is 5.02. The number of ether oxygens (including phenoxy) is 1. The molecule has 4 heteroatoms. The molecular weight excluding hydrogens is 262 g/mol. The molecule has 0 saturated heterocycles. The van der Waals surface area contributed by atoms with Gasteiger partial charge in [0.25, 0.3) is 0 Å². The summed E-state index contributed by atoms with van der Waals surface area (Å²) >= 11 is 0. The van der Waals surface area contributed by atoms with Crippen molar-refractivity contribution in [3.63, 3.8) is 0 Å². The summed E-state index contributed by atoms with van der Waals surface area (Å²) in [5, 5.41) is 3.73. The van der Waals surface area contributed by atoms with Gasteiger partial charge in [-0.2, -0.15) is 0 Å². The predicted molar refractivity (Wildman–Crippen MR) is 83.0 cm³/mol. The molecule has 0 aliphatic heterocycles. The molecule has 0 unspecified atom stereocenters. The van der Waals surface area contributed by atoms with E-state index in [4.69, 9.17) is 4.74 Å². The van der Waals surface area contributed by atoms with E-state index in [2.05, 4.69) is 22.2 Å². The van der Waals surface area contributed by atoms with Gasteiger partial charge in [0.05, 0.1) is 17.9 Å². The van der Waals surface area contributed by atoms with E-state index in [1.807, 2.05) is 6.20 Å². The molecule has 1 aromatic heterocycles. The molecular formula is C17H27N3O. The van der Waals surface area contributed by atoms with Crippen molar-refractivity contribution in [3.05, 3.63) is 24.3 Å². The van der Waals surface area contributed by atoms with Crippen LogP contribution in [0.15, 0.2) is 18.6 Å². The van der Waals surface area contributed by atoms with Gasteiger partial charge in [-0.15, -0.1) is 0 Å². The Morgan fingerprint density at radius 1 is 1.10 bits per heavy atom. The zero-order valence-electron chi connectivity index (χ0n) is 13.0. The van der Waals surface area contributed by atoms with Crippen molar-refractivity contribution in [2.24, 2.45) is 0 Å². The molecule has 0 spiro atoms. The summed E-state index contributed by atoms with van der Waals surface area (Å²) in [6, 6.07) is 0.688. The number of rotatable bonds is 5. The molecule has 1 aromatic rings. The van der Waals surface area contributed by atoms with Gasteiger partial charge in [-0.1, -0.05) is 25.7 Å². The third-order valence-electron chi connectivity index (χ3n) is 4.86. The molecule has 2 aliphatic carbocycles. The van der Waals surface area contributed by atoms with Gasteiger partial charge < -0.3 is 10.1 Å². The Hall–Kier alpha value is -1.00. The standard InChI is InChI=1S/C17H27N3O/c1-13(16-12-18-10-11-19-16)20-15-8-4-5-9-17(15)21-14-6-2-3-7-14/h10-15,17,20H,2-9H2,1H3/t13-,15-,17+/m0/s1. The number of hydrogen-bond acceptors (Lipinski definition) is 4. The van der Waals surface area contributed by atoms with Gasteiger partial charge in [-0.3, -0.25) is 9.97 Å². The Morgan fingerprint density at radius 3 is 2.62 bits per heavy atom. The predicted octanol–water partition coefficient (Wildman–Crippen LogP) is 3.40. The molecule has 21 heavy (non-hydrogen) atoms. The zero-order chi connectivity index (χ0) is 14.5. The molecule has 1 N–H and O–H groups in total. The van der Waals surface area contributed by atoms with Crippen molar-refractivity contribution in [2.75, 3.05) is 0 Å². The maximum atomic E-state index is 6.40. The van der Waals surface area contributed by atoms with Gasteiger partial charge in [0.2, 0.25) is 0 Å². The van der Waals surface area contributed by atoms with Crippen LogP contribution in [0.4, 0.5) is 0 Å². The normalized spacial score (nSPS) is 28.6. The molecule has 3 atom stereocenters. The fourth-order valence-corrected chi connectivity index (χ4v) is 3.66. The van der Waals surface area contributed by atoms with E-state index in [1.165, 1.54) is 51.4 Å². The monoisotopic (exact) mass is 289 g/mol. The van der Waals surface area contributed by atoms with Gasteiger partial charge >= 0.3 is 0 Å². The average molecular weight is 289 g/mol. The first-order valence-electron chi connectivity index (χ1n) is 8.50. The lowest BCUT2D eigenvalue weighted by molar-refractivity contribution is -0.0452. The Bertz CT molecular complexity index is 419. The van der Waals surface area contributed by atoms with Crippen LogP contribution in [0.2, 0.25) is 0 Å². The van der Waals surface area contributed by atoms with Crippen molar-refractivity contribution in [2.45, 2.75) is 82.6 Å². The summed E-state index contributed by atoms with van der Waals surface area (Å²) in [5.74, 6) is 0. The van der Waals surface area contributed by atoms with E-state index < -0.39 is 0 Å². The molecule has 2 saturated carbocycles. The summed E-state index contributed by atoms with van der Waals surface area (Å²) in [4.78, 5) is 8.57. The molecule has 116 valence electrons. The number of aromatic nitrogens is 2. The second-order valence-electron chi connectivity index (χ2n) is 6.49. The first-order valence-corrected chi connectivity index (χ1v) is 8.50. The van der Waals surface area contributed by atoms with Crippen LogP contribution in [0.3, 0.4) is 0 Å². The van der Waals surface area contributed by atoms with E-state index in [0.29, 0.717) is 18.2 Å². The van der Waals surface area contributed by atoms with E-state index in [9.17, 15) is 0 Å². The Balaban J connectivity index is 1.58. The molecule has 0 bridgehead atoms. The Morgan fingerprint density at radius 2 is 1.86 bits per heavy atom. The topological polar surface area (TPSA) is 47.0 Å². The summed E-state index contributed by atoms with van der Waals surface area (Å²) in [5.41, 5.74) is 1.02. The molecule has 0 radical (unpaired) electrons. The lowest BCUT2D eigenvalue weighted by Crippen LogP contribution is -2.45. The summed E-state index contributed by atoms with van der Waals surface area (Å²) in [6.45, 7) is 2.17. The molecule has 2 fully saturated rings. The van der Waals surface area contributed by atoms with Crippen molar-refractivity contribution in [1.29, 1.82) is 0 Å². The fraction of sp³-hybridized carbons (Fsp3) is 0.765. The first-order chi connectivity index (χ1) is 10.3. The highest BCUT2D eigenvalue weighted by atomic mass is 16.5. The molecule has 0 aromatic carbocycles. The third kappa shape index (κ3) is 4.01. The second-order valence-corrected chi connectivity index (χ2v) is 6.49. The van der Waals surface area contributed by atoms with Crippen LogP contribution in [0.5, 0.6) is 0 Å². The maximum Gasteiger partial charge on any atom is 0.0753 e. The minimum absolute atomic E-state index is 0.233. The number of hydrogen-bond donors (Lipinski definition) is 1. The molecule has 4 nitrogen and oxygen atoms in total. The van der Waals surface area contributed by atoms with Crippen LogP contribution < -0.4 is 5.32 Å². The van der Waals surface area contributed by atoms with Gasteiger partial charge in [-0.25, -0.2) is 0 Å². The number of nitrogens with one attached hydrogen (secondary N) is 1. The van der Waals surface area contributed by atoms with Gasteiger partial charge in [0, 0.05) is 30.7 Å². The molecule has 3 rings (SSSR count). The lowest BCUT2D eigenvalue weighted by atomic mass is 9.91. The van der Waals surface area contributed by atoms with Crippen molar-refractivity contribution in [3.8, 4) is 0 Å². The molecule has 2 aliphatic rings. The van der Waals surface area contributed by atoms with Crippen LogP contribution in [0.1, 0.15) is 70.0 Å². The van der Waals surface area contributed by atoms with E-state index in [0.717, 1.165) is 5.69 Å². The Kier molecular flexibility index (Phi) is 5.20. The smallest absolute Gasteiger partial charge is 0.0753 e. The van der Waals surface area contributed by atoms with Crippen molar-refractivity contribution in [1.82, 2.24) is 15.3 Å². The number of nitrogens with zero attached hydrogens (tertiary/aromatic N) is 2. The molecule has 1 heterocycles. The van der Waals surface area contributed by atoms with Crippen molar-refractivity contribution >= 4 is 0 Å². The fourth-order valence-electron chi connectivity index (χ4n) is 3.66. The minimum atomic E-state index is 0.233.